The van der Waals surface area contributed by atoms with E-state index in [-0.39, 0.29) is 11.3 Å². The largest absolute Gasteiger partial charge is 0.422 e. The van der Waals surface area contributed by atoms with Crippen molar-refractivity contribution in [1.29, 1.82) is 0 Å². The van der Waals surface area contributed by atoms with Gasteiger partial charge in [-0.05, 0) is 12.1 Å². The van der Waals surface area contributed by atoms with E-state index < -0.39 is 17.9 Å². The average Bonchev–Trinajstić information content (AvgIpc) is 2.38. The third kappa shape index (κ3) is 3.41. The van der Waals surface area contributed by atoms with Gasteiger partial charge in [0.15, 0.2) is 0 Å². The van der Waals surface area contributed by atoms with Crippen LogP contribution in [0.25, 0.3) is 0 Å². The quantitative estimate of drug-likeness (QED) is 0.349. The molecule has 0 aliphatic heterocycles. The molecule has 0 aromatic heterocycles. The minimum Gasteiger partial charge on any atom is -0.422 e. The molecule has 0 fully saturated rings. The van der Waals surface area contributed by atoms with Gasteiger partial charge in [-0.15, -0.1) is 0 Å². The summed E-state index contributed by atoms with van der Waals surface area (Å²) in [6, 6.07) is 5.87. The summed E-state index contributed by atoms with van der Waals surface area (Å²) in [7, 11) is 0. The van der Waals surface area contributed by atoms with Crippen molar-refractivity contribution >= 4 is 17.9 Å². The molecule has 1 aromatic rings. The summed E-state index contributed by atoms with van der Waals surface area (Å²) in [6.45, 7) is 6.40. The first kappa shape index (κ1) is 13.4. The van der Waals surface area contributed by atoms with Crippen LogP contribution in [0.5, 0.6) is 5.75 Å². The maximum Gasteiger partial charge on any atom is 0.349 e. The van der Waals surface area contributed by atoms with Crippen molar-refractivity contribution in [3.63, 3.8) is 0 Å². The highest BCUT2D eigenvalue weighted by molar-refractivity contribution is 6.02. The first-order chi connectivity index (χ1) is 8.58. The molecule has 0 aliphatic carbocycles. The Morgan fingerprint density at radius 3 is 2.22 bits per heavy atom. The zero-order valence-corrected chi connectivity index (χ0v) is 9.42. The van der Waals surface area contributed by atoms with Gasteiger partial charge in [-0.2, -0.15) is 0 Å². The topological polar surface area (TPSA) is 69.7 Å². The molecule has 1 aromatic carbocycles. The molecular formula is C13H10O5. The lowest BCUT2D eigenvalue weighted by Crippen LogP contribution is -2.13. The zero-order valence-electron chi connectivity index (χ0n) is 9.42. The van der Waals surface area contributed by atoms with Crippen molar-refractivity contribution in [2.75, 3.05) is 0 Å². The average molecular weight is 246 g/mol. The van der Waals surface area contributed by atoms with E-state index in [2.05, 4.69) is 17.9 Å². The van der Waals surface area contributed by atoms with Crippen LogP contribution in [0, 0.1) is 0 Å². The molecule has 1 rings (SSSR count). The van der Waals surface area contributed by atoms with Gasteiger partial charge in [0.1, 0.15) is 11.3 Å². The zero-order chi connectivity index (χ0) is 13.5. The van der Waals surface area contributed by atoms with E-state index in [0.29, 0.717) is 0 Å². The van der Waals surface area contributed by atoms with Gasteiger partial charge in [0.25, 0.3) is 0 Å². The van der Waals surface area contributed by atoms with Crippen molar-refractivity contribution in [3.8, 4) is 5.75 Å². The third-order valence-corrected chi connectivity index (χ3v) is 1.84. The van der Waals surface area contributed by atoms with Gasteiger partial charge < -0.3 is 9.47 Å². The van der Waals surface area contributed by atoms with Crippen LogP contribution >= 0.6 is 0 Å². The molecule has 0 unspecified atom stereocenters. The van der Waals surface area contributed by atoms with Crippen LogP contribution < -0.4 is 4.74 Å². The maximum atomic E-state index is 11.6. The van der Waals surface area contributed by atoms with Crippen LogP contribution in [0.15, 0.2) is 49.6 Å². The van der Waals surface area contributed by atoms with Crippen molar-refractivity contribution < 1.29 is 23.9 Å². The van der Waals surface area contributed by atoms with Crippen LogP contribution in [0.1, 0.15) is 10.4 Å². The Bertz CT molecular complexity index is 516. The predicted octanol–water partition coefficient (Wildman–Crippen LogP) is 1.65. The highest BCUT2D eigenvalue weighted by Crippen LogP contribution is 2.19. The summed E-state index contributed by atoms with van der Waals surface area (Å²) in [6.07, 6.45) is 1.81. The van der Waals surface area contributed by atoms with Gasteiger partial charge in [-0.1, -0.05) is 25.3 Å². The predicted molar refractivity (Wildman–Crippen MR) is 62.9 cm³/mol. The third-order valence-electron chi connectivity index (χ3n) is 1.84. The first-order valence-corrected chi connectivity index (χ1v) is 4.90. The summed E-state index contributed by atoms with van der Waals surface area (Å²) in [5.74, 6) is -2.54. The van der Waals surface area contributed by atoms with Crippen LogP contribution in [-0.2, 0) is 14.3 Å². The molecule has 0 radical (unpaired) electrons. The lowest BCUT2D eigenvalue weighted by atomic mass is 10.2. The standard InChI is InChI=1S/C13H10O5/c1-3-11(14)17-10-8-6-5-7-9(10)13(16)18-12(15)4-2/h3-8H,1-2H2. The molecule has 18 heavy (non-hydrogen) atoms. The second-order valence-corrected chi connectivity index (χ2v) is 3.03. The number of carbonyl (C=O) groups excluding carboxylic acids is 3. The first-order valence-electron chi connectivity index (χ1n) is 4.90. The minimum absolute atomic E-state index is 0.00994. The number of rotatable bonds is 4. The number of benzene rings is 1. The Morgan fingerprint density at radius 2 is 1.61 bits per heavy atom. The molecular weight excluding hydrogens is 236 g/mol. The van der Waals surface area contributed by atoms with E-state index in [1.165, 1.54) is 12.1 Å². The second-order valence-electron chi connectivity index (χ2n) is 3.03. The molecule has 0 N–H and O–H groups in total. The van der Waals surface area contributed by atoms with E-state index in [1.54, 1.807) is 12.1 Å². The lowest BCUT2D eigenvalue weighted by Gasteiger charge is -2.06. The van der Waals surface area contributed by atoms with Gasteiger partial charge in [0.2, 0.25) is 0 Å². The maximum absolute atomic E-state index is 11.6. The van der Waals surface area contributed by atoms with E-state index in [0.717, 1.165) is 12.2 Å². The van der Waals surface area contributed by atoms with Crippen LogP contribution in [-0.4, -0.2) is 17.9 Å². The molecule has 0 saturated heterocycles. The van der Waals surface area contributed by atoms with Gasteiger partial charge in [0.05, 0.1) is 0 Å². The highest BCUT2D eigenvalue weighted by atomic mass is 16.6. The molecule has 5 heteroatoms. The fourth-order valence-electron chi connectivity index (χ4n) is 1.06. The minimum atomic E-state index is -0.924. The van der Waals surface area contributed by atoms with Gasteiger partial charge in [-0.25, -0.2) is 14.4 Å². The SMILES string of the molecule is C=CC(=O)OC(=O)c1ccccc1OC(=O)C=C. The number of carbonyl (C=O) groups is 3. The van der Waals surface area contributed by atoms with Crippen LogP contribution in [0.4, 0.5) is 0 Å². The number of hydrogen-bond acceptors (Lipinski definition) is 5. The molecule has 92 valence electrons. The Hall–Kier alpha value is -2.69. The summed E-state index contributed by atoms with van der Waals surface area (Å²) < 4.78 is 9.26. The van der Waals surface area contributed by atoms with Crippen LogP contribution in [0.2, 0.25) is 0 Å². The highest BCUT2D eigenvalue weighted by Gasteiger charge is 2.17. The Morgan fingerprint density at radius 1 is 1.00 bits per heavy atom. The van der Waals surface area contributed by atoms with Gasteiger partial charge in [0, 0.05) is 12.2 Å². The Labute approximate surface area is 103 Å². The molecule has 0 amide bonds. The molecule has 5 nitrogen and oxygen atoms in total. The number of hydrogen-bond donors (Lipinski definition) is 0. The monoisotopic (exact) mass is 246 g/mol. The van der Waals surface area contributed by atoms with Gasteiger partial charge >= 0.3 is 17.9 Å². The Kier molecular flexibility index (Phi) is 4.57. The molecule has 0 bridgehead atoms. The van der Waals surface area contributed by atoms with Crippen molar-refractivity contribution in [2.24, 2.45) is 0 Å². The molecule has 0 spiro atoms. The number of esters is 3. The Balaban J connectivity index is 2.97. The van der Waals surface area contributed by atoms with Crippen molar-refractivity contribution in [1.82, 2.24) is 0 Å². The molecule has 0 heterocycles. The van der Waals surface area contributed by atoms with Crippen molar-refractivity contribution in [2.45, 2.75) is 0 Å². The van der Waals surface area contributed by atoms with E-state index in [9.17, 15) is 14.4 Å². The summed E-state index contributed by atoms with van der Waals surface area (Å²) in [5.41, 5.74) is -0.0390. The fraction of sp³-hybridized carbons (Fsp3) is 0. The smallest absolute Gasteiger partial charge is 0.349 e. The van der Waals surface area contributed by atoms with E-state index in [4.69, 9.17) is 4.74 Å². The van der Waals surface area contributed by atoms with Crippen molar-refractivity contribution in [3.05, 3.63) is 55.1 Å². The summed E-state index contributed by atoms with van der Waals surface area (Å²) in [5, 5.41) is 0. The summed E-state index contributed by atoms with van der Waals surface area (Å²) in [4.78, 5) is 33.6. The molecule has 0 aliphatic rings. The lowest BCUT2D eigenvalue weighted by molar-refractivity contribution is -0.132. The normalized spacial score (nSPS) is 9.11. The second kappa shape index (κ2) is 6.15. The molecule has 0 saturated carbocycles. The van der Waals surface area contributed by atoms with E-state index in [1.807, 2.05) is 0 Å². The van der Waals surface area contributed by atoms with E-state index >= 15 is 0 Å². The van der Waals surface area contributed by atoms with Gasteiger partial charge in [-0.3, -0.25) is 0 Å². The fourth-order valence-corrected chi connectivity index (χ4v) is 1.06. The van der Waals surface area contributed by atoms with Crippen LogP contribution in [0.3, 0.4) is 0 Å². The molecule has 0 atom stereocenters. The summed E-state index contributed by atoms with van der Waals surface area (Å²) >= 11 is 0. The number of para-hydroxylation sites is 1. The number of ether oxygens (including phenoxy) is 2.